The fourth-order valence-corrected chi connectivity index (χ4v) is 2.84. The predicted octanol–water partition coefficient (Wildman–Crippen LogP) is 2.81. The standard InChI is InChI=1S/C12H17NOS/c1-2-14-11-6-3-5-10(9-11)12-13-7-4-8-15-12/h3,5-6,9,12-13H,2,4,7-8H2,1H3. The first-order chi connectivity index (χ1) is 7.40. The second kappa shape index (κ2) is 5.42. The molecule has 2 nitrogen and oxygen atoms in total. The minimum Gasteiger partial charge on any atom is -0.494 e. The zero-order valence-corrected chi connectivity index (χ0v) is 9.85. The van der Waals surface area contributed by atoms with Crippen LogP contribution in [0, 0.1) is 0 Å². The van der Waals surface area contributed by atoms with E-state index in [2.05, 4.69) is 23.5 Å². The van der Waals surface area contributed by atoms with Gasteiger partial charge in [0, 0.05) is 0 Å². The Balaban J connectivity index is 2.09. The molecule has 82 valence electrons. The van der Waals surface area contributed by atoms with Gasteiger partial charge in [0.25, 0.3) is 0 Å². The highest BCUT2D eigenvalue weighted by Gasteiger charge is 2.15. The smallest absolute Gasteiger partial charge is 0.119 e. The predicted molar refractivity (Wildman–Crippen MR) is 65.4 cm³/mol. The molecule has 1 aromatic carbocycles. The first-order valence-electron chi connectivity index (χ1n) is 5.48. The Morgan fingerprint density at radius 3 is 3.20 bits per heavy atom. The molecule has 1 N–H and O–H groups in total. The zero-order valence-electron chi connectivity index (χ0n) is 9.03. The van der Waals surface area contributed by atoms with Gasteiger partial charge in [0.05, 0.1) is 12.0 Å². The van der Waals surface area contributed by atoms with Gasteiger partial charge in [-0.25, -0.2) is 0 Å². The molecule has 1 aromatic rings. The van der Waals surface area contributed by atoms with E-state index in [0.29, 0.717) is 5.37 Å². The van der Waals surface area contributed by atoms with Crippen molar-refractivity contribution >= 4 is 11.8 Å². The van der Waals surface area contributed by atoms with E-state index in [1.165, 1.54) is 17.7 Å². The molecule has 2 rings (SSSR count). The molecule has 1 heterocycles. The van der Waals surface area contributed by atoms with Crippen molar-refractivity contribution in [2.75, 3.05) is 18.9 Å². The van der Waals surface area contributed by atoms with Crippen molar-refractivity contribution in [2.24, 2.45) is 0 Å². The lowest BCUT2D eigenvalue weighted by atomic mass is 10.2. The summed E-state index contributed by atoms with van der Waals surface area (Å²) in [4.78, 5) is 0. The Kier molecular flexibility index (Phi) is 3.92. The lowest BCUT2D eigenvalue weighted by molar-refractivity contribution is 0.339. The third kappa shape index (κ3) is 2.89. The molecular weight excluding hydrogens is 206 g/mol. The molecule has 0 saturated carbocycles. The Labute approximate surface area is 95.4 Å². The van der Waals surface area contributed by atoms with Gasteiger partial charge in [-0.3, -0.25) is 0 Å². The molecule has 0 spiro atoms. The van der Waals surface area contributed by atoms with Crippen molar-refractivity contribution in [3.05, 3.63) is 29.8 Å². The van der Waals surface area contributed by atoms with Crippen LogP contribution in [0.15, 0.2) is 24.3 Å². The Hall–Kier alpha value is -0.670. The maximum atomic E-state index is 5.50. The van der Waals surface area contributed by atoms with Crippen LogP contribution in [0.4, 0.5) is 0 Å². The molecule has 1 unspecified atom stereocenters. The molecule has 1 aliphatic rings. The highest BCUT2D eigenvalue weighted by Crippen LogP contribution is 2.31. The van der Waals surface area contributed by atoms with Gasteiger partial charge >= 0.3 is 0 Å². The Morgan fingerprint density at radius 1 is 1.53 bits per heavy atom. The van der Waals surface area contributed by atoms with Gasteiger partial charge in [-0.15, -0.1) is 11.8 Å². The van der Waals surface area contributed by atoms with Crippen LogP contribution in [0.25, 0.3) is 0 Å². The topological polar surface area (TPSA) is 21.3 Å². The Bertz CT molecular complexity index is 310. The number of benzene rings is 1. The fraction of sp³-hybridized carbons (Fsp3) is 0.500. The van der Waals surface area contributed by atoms with Crippen LogP contribution in [0.5, 0.6) is 5.75 Å². The van der Waals surface area contributed by atoms with Crippen LogP contribution < -0.4 is 10.1 Å². The maximum Gasteiger partial charge on any atom is 0.119 e. The van der Waals surface area contributed by atoms with E-state index in [1.807, 2.05) is 24.8 Å². The first kappa shape index (κ1) is 10.8. The summed E-state index contributed by atoms with van der Waals surface area (Å²) in [5, 5.41) is 3.96. The number of hydrogen-bond acceptors (Lipinski definition) is 3. The van der Waals surface area contributed by atoms with Crippen LogP contribution in [0.1, 0.15) is 24.3 Å². The van der Waals surface area contributed by atoms with Crippen LogP contribution in [-0.4, -0.2) is 18.9 Å². The van der Waals surface area contributed by atoms with Crippen molar-refractivity contribution in [1.29, 1.82) is 0 Å². The summed E-state index contributed by atoms with van der Waals surface area (Å²) in [7, 11) is 0. The van der Waals surface area contributed by atoms with E-state index in [1.54, 1.807) is 0 Å². The van der Waals surface area contributed by atoms with E-state index in [4.69, 9.17) is 4.74 Å². The van der Waals surface area contributed by atoms with E-state index in [0.717, 1.165) is 18.9 Å². The quantitative estimate of drug-likeness (QED) is 0.851. The minimum atomic E-state index is 0.444. The van der Waals surface area contributed by atoms with E-state index in [9.17, 15) is 0 Å². The summed E-state index contributed by atoms with van der Waals surface area (Å²) in [6, 6.07) is 8.38. The molecule has 1 atom stereocenters. The molecule has 0 aliphatic carbocycles. The summed E-state index contributed by atoms with van der Waals surface area (Å²) < 4.78 is 5.50. The van der Waals surface area contributed by atoms with Crippen LogP contribution in [-0.2, 0) is 0 Å². The van der Waals surface area contributed by atoms with Gasteiger partial charge < -0.3 is 10.1 Å². The molecule has 3 heteroatoms. The van der Waals surface area contributed by atoms with E-state index < -0.39 is 0 Å². The molecule has 0 radical (unpaired) electrons. The van der Waals surface area contributed by atoms with Crippen molar-refractivity contribution in [1.82, 2.24) is 5.32 Å². The van der Waals surface area contributed by atoms with Gasteiger partial charge in [-0.2, -0.15) is 0 Å². The zero-order chi connectivity index (χ0) is 10.5. The first-order valence-corrected chi connectivity index (χ1v) is 6.53. The highest BCUT2D eigenvalue weighted by molar-refractivity contribution is 7.99. The van der Waals surface area contributed by atoms with Gasteiger partial charge in [0.2, 0.25) is 0 Å². The normalized spacial score (nSPS) is 21.3. The molecule has 0 bridgehead atoms. The van der Waals surface area contributed by atoms with E-state index >= 15 is 0 Å². The van der Waals surface area contributed by atoms with Crippen molar-refractivity contribution < 1.29 is 4.74 Å². The number of ether oxygens (including phenoxy) is 1. The SMILES string of the molecule is CCOc1cccc(C2NCCCS2)c1. The van der Waals surface area contributed by atoms with Crippen molar-refractivity contribution in [3.8, 4) is 5.75 Å². The number of thioether (sulfide) groups is 1. The lowest BCUT2D eigenvalue weighted by Gasteiger charge is -2.23. The van der Waals surface area contributed by atoms with Crippen LogP contribution >= 0.6 is 11.8 Å². The third-order valence-electron chi connectivity index (χ3n) is 2.41. The average molecular weight is 223 g/mol. The number of rotatable bonds is 3. The van der Waals surface area contributed by atoms with Gasteiger partial charge in [0.15, 0.2) is 0 Å². The largest absolute Gasteiger partial charge is 0.494 e. The van der Waals surface area contributed by atoms with Gasteiger partial charge in [-0.05, 0) is 43.3 Å². The maximum absolute atomic E-state index is 5.50. The number of nitrogens with one attached hydrogen (secondary N) is 1. The molecule has 1 aliphatic heterocycles. The summed E-state index contributed by atoms with van der Waals surface area (Å²) in [5.74, 6) is 2.22. The molecule has 0 amide bonds. The van der Waals surface area contributed by atoms with Gasteiger partial charge in [0.1, 0.15) is 5.75 Å². The molecule has 15 heavy (non-hydrogen) atoms. The molecule has 0 aromatic heterocycles. The highest BCUT2D eigenvalue weighted by atomic mass is 32.2. The molecule has 1 fully saturated rings. The summed E-state index contributed by atoms with van der Waals surface area (Å²) in [5.41, 5.74) is 1.32. The average Bonchev–Trinajstić information content (AvgIpc) is 2.31. The fourth-order valence-electron chi connectivity index (χ4n) is 1.71. The van der Waals surface area contributed by atoms with Crippen LogP contribution in [0.2, 0.25) is 0 Å². The van der Waals surface area contributed by atoms with Crippen molar-refractivity contribution in [3.63, 3.8) is 0 Å². The van der Waals surface area contributed by atoms with Crippen LogP contribution in [0.3, 0.4) is 0 Å². The summed E-state index contributed by atoms with van der Waals surface area (Å²) in [6.07, 6.45) is 1.27. The summed E-state index contributed by atoms with van der Waals surface area (Å²) in [6.45, 7) is 3.87. The van der Waals surface area contributed by atoms with Gasteiger partial charge in [-0.1, -0.05) is 12.1 Å². The third-order valence-corrected chi connectivity index (χ3v) is 3.70. The Morgan fingerprint density at radius 2 is 2.47 bits per heavy atom. The van der Waals surface area contributed by atoms with E-state index in [-0.39, 0.29) is 0 Å². The second-order valence-electron chi connectivity index (χ2n) is 3.56. The second-order valence-corrected chi connectivity index (χ2v) is 4.78. The monoisotopic (exact) mass is 223 g/mol. The lowest BCUT2D eigenvalue weighted by Crippen LogP contribution is -2.25. The van der Waals surface area contributed by atoms with Crippen molar-refractivity contribution in [2.45, 2.75) is 18.7 Å². The number of hydrogen-bond donors (Lipinski definition) is 1. The minimum absolute atomic E-state index is 0.444. The molecule has 1 saturated heterocycles. The summed E-state index contributed by atoms with van der Waals surface area (Å²) >= 11 is 1.98. The molecular formula is C12H17NOS.